The normalized spacial score (nSPS) is 14.1. The maximum absolute atomic E-state index is 13.3. The van der Waals surface area contributed by atoms with Gasteiger partial charge in [-0.05, 0) is 24.1 Å². The van der Waals surface area contributed by atoms with Gasteiger partial charge in [-0.15, -0.1) is 0 Å². The van der Waals surface area contributed by atoms with Crippen LogP contribution in [-0.2, 0) is 19.7 Å². The highest BCUT2D eigenvalue weighted by Gasteiger charge is 2.71. The monoisotopic (exact) mass is 428 g/mol. The van der Waals surface area contributed by atoms with E-state index in [2.05, 4.69) is 20.1 Å². The predicted molar refractivity (Wildman–Crippen MR) is 73.3 cm³/mol. The average Bonchev–Trinajstić information content (AvgIpc) is 2.31. The van der Waals surface area contributed by atoms with Crippen molar-refractivity contribution in [3.63, 3.8) is 0 Å². The summed E-state index contributed by atoms with van der Waals surface area (Å²) >= 11 is 2.93. The van der Waals surface area contributed by atoms with Crippen molar-refractivity contribution in [2.75, 3.05) is 12.9 Å². The van der Waals surface area contributed by atoms with E-state index in [1.54, 1.807) is 0 Å². The van der Waals surface area contributed by atoms with Crippen molar-refractivity contribution in [2.45, 2.75) is 24.2 Å². The van der Waals surface area contributed by atoms with Gasteiger partial charge in [0.25, 0.3) is 10.1 Å². The summed E-state index contributed by atoms with van der Waals surface area (Å²) in [6, 6.07) is 3.45. The van der Waals surface area contributed by atoms with Crippen molar-refractivity contribution in [3.8, 4) is 0 Å². The Morgan fingerprint density at radius 1 is 1.00 bits per heavy atom. The quantitative estimate of drug-likeness (QED) is 0.521. The number of hydrogen-bond donors (Lipinski definition) is 0. The minimum absolute atomic E-state index is 0.298. The Hall–Kier alpha value is -0.810. The summed E-state index contributed by atoms with van der Waals surface area (Å²) < 4.78 is 106. The van der Waals surface area contributed by atoms with Crippen LogP contribution in [0.15, 0.2) is 28.7 Å². The molecule has 0 amide bonds. The summed E-state index contributed by atoms with van der Waals surface area (Å²) in [5, 5.41) is 0. The van der Waals surface area contributed by atoms with E-state index in [1.165, 1.54) is 0 Å². The van der Waals surface area contributed by atoms with E-state index in [0.29, 0.717) is 22.9 Å². The maximum atomic E-state index is 13.3. The molecule has 1 aromatic rings. The van der Waals surface area contributed by atoms with Gasteiger partial charge in [-0.1, -0.05) is 28.1 Å². The third kappa shape index (κ3) is 4.60. The second kappa shape index (κ2) is 6.60. The first-order chi connectivity index (χ1) is 10.2. The van der Waals surface area contributed by atoms with Gasteiger partial charge in [0, 0.05) is 4.47 Å². The minimum Gasteiger partial charge on any atom is -0.270 e. The lowest BCUT2D eigenvalue weighted by molar-refractivity contribution is -0.306. The minimum atomic E-state index is -5.69. The van der Waals surface area contributed by atoms with Gasteiger partial charge in [-0.3, -0.25) is 4.18 Å². The van der Waals surface area contributed by atoms with Crippen LogP contribution in [0.3, 0.4) is 0 Å². The zero-order valence-electron chi connectivity index (χ0n) is 11.5. The second-order valence-corrected chi connectivity index (χ2v) is 7.24. The molecule has 0 aromatic heterocycles. The lowest BCUT2D eigenvalue weighted by Gasteiger charge is -2.37. The van der Waals surface area contributed by atoms with Gasteiger partial charge in [0.05, 0.1) is 12.9 Å². The van der Waals surface area contributed by atoms with E-state index < -0.39 is 46.5 Å². The van der Waals surface area contributed by atoms with Gasteiger partial charge in [0.2, 0.25) is 0 Å². The lowest BCUT2D eigenvalue weighted by Crippen LogP contribution is -2.54. The molecule has 0 aliphatic carbocycles. The van der Waals surface area contributed by atoms with Crippen LogP contribution in [0.1, 0.15) is 12.0 Å². The number of rotatable bonds is 5. The first-order valence-electron chi connectivity index (χ1n) is 5.94. The van der Waals surface area contributed by atoms with Crippen molar-refractivity contribution in [1.29, 1.82) is 0 Å². The fraction of sp³-hybridized carbons (Fsp3) is 0.500. The molecule has 0 fully saturated rings. The fourth-order valence-corrected chi connectivity index (χ4v) is 2.65. The van der Waals surface area contributed by atoms with E-state index in [4.69, 9.17) is 0 Å². The van der Waals surface area contributed by atoms with Crippen LogP contribution in [0.4, 0.5) is 26.3 Å². The largest absolute Gasteiger partial charge is 0.407 e. The molecule has 1 rings (SSSR count). The molecule has 3 nitrogen and oxygen atoms in total. The van der Waals surface area contributed by atoms with Crippen molar-refractivity contribution >= 4 is 26.0 Å². The smallest absolute Gasteiger partial charge is 0.270 e. The molecule has 0 heterocycles. The number of alkyl halides is 6. The molecular weight excluding hydrogens is 418 g/mol. The third-order valence-corrected chi connectivity index (χ3v) is 4.20. The van der Waals surface area contributed by atoms with Crippen LogP contribution in [0.5, 0.6) is 0 Å². The van der Waals surface area contributed by atoms with Crippen molar-refractivity contribution < 1.29 is 38.9 Å². The van der Waals surface area contributed by atoms with Crippen molar-refractivity contribution in [1.82, 2.24) is 0 Å². The first kappa shape index (κ1) is 20.2. The Morgan fingerprint density at radius 3 is 1.78 bits per heavy atom. The van der Waals surface area contributed by atoms with E-state index in [1.807, 2.05) is 0 Å². The standard InChI is InChI=1S/C12H11BrF6O3S/c1-23(20,21)22-7-6-10(11(14,15)16,12(17,18)19)8-2-4-9(13)5-3-8/h2-5H,6-7H2,1H3. The maximum Gasteiger partial charge on any atom is 0.407 e. The van der Waals surface area contributed by atoms with Crippen molar-refractivity contribution in [3.05, 3.63) is 34.3 Å². The molecule has 132 valence electrons. The van der Waals surface area contributed by atoms with E-state index in [9.17, 15) is 34.8 Å². The molecule has 11 heteroatoms. The highest BCUT2D eigenvalue weighted by atomic mass is 79.9. The van der Waals surface area contributed by atoms with Crippen LogP contribution in [0.2, 0.25) is 0 Å². The molecule has 0 saturated heterocycles. The van der Waals surface area contributed by atoms with Gasteiger partial charge in [-0.2, -0.15) is 34.8 Å². The van der Waals surface area contributed by atoms with Crippen LogP contribution >= 0.6 is 15.9 Å². The van der Waals surface area contributed by atoms with E-state index >= 15 is 0 Å². The molecule has 0 unspecified atom stereocenters. The first-order valence-corrected chi connectivity index (χ1v) is 8.55. The van der Waals surface area contributed by atoms with Gasteiger partial charge >= 0.3 is 12.4 Å². The summed E-state index contributed by atoms with van der Waals surface area (Å²) in [6.45, 7) is -1.26. The molecule has 0 atom stereocenters. The van der Waals surface area contributed by atoms with Crippen LogP contribution < -0.4 is 0 Å². The Labute approximate surface area is 136 Å². The average molecular weight is 429 g/mol. The second-order valence-electron chi connectivity index (χ2n) is 4.68. The Morgan fingerprint density at radius 2 is 1.43 bits per heavy atom. The van der Waals surface area contributed by atoms with Gasteiger partial charge in [-0.25, -0.2) is 0 Å². The highest BCUT2D eigenvalue weighted by molar-refractivity contribution is 9.10. The van der Waals surface area contributed by atoms with Gasteiger partial charge in [0.15, 0.2) is 5.41 Å². The zero-order chi connectivity index (χ0) is 18.1. The summed E-state index contributed by atoms with van der Waals surface area (Å²) in [5.41, 5.74) is -5.27. The predicted octanol–water partition coefficient (Wildman–Crippen LogP) is 4.18. The number of halogens is 7. The Kier molecular flexibility index (Phi) is 5.80. The fourth-order valence-electron chi connectivity index (χ4n) is 2.00. The van der Waals surface area contributed by atoms with Gasteiger partial charge in [0.1, 0.15) is 0 Å². The molecule has 0 aliphatic rings. The number of hydrogen-bond acceptors (Lipinski definition) is 3. The van der Waals surface area contributed by atoms with E-state index in [0.717, 1.165) is 12.1 Å². The summed E-state index contributed by atoms with van der Waals surface area (Å²) in [7, 11) is -4.17. The summed E-state index contributed by atoms with van der Waals surface area (Å²) in [6.07, 6.45) is -12.5. The zero-order valence-corrected chi connectivity index (χ0v) is 13.9. The van der Waals surface area contributed by atoms with Crippen LogP contribution in [-0.4, -0.2) is 33.6 Å². The third-order valence-electron chi connectivity index (χ3n) is 3.08. The topological polar surface area (TPSA) is 43.4 Å². The lowest BCUT2D eigenvalue weighted by atomic mass is 9.76. The molecule has 23 heavy (non-hydrogen) atoms. The van der Waals surface area contributed by atoms with Gasteiger partial charge < -0.3 is 0 Å². The molecule has 0 saturated carbocycles. The Bertz CT molecular complexity index is 622. The molecule has 0 N–H and O–H groups in total. The molecule has 0 aliphatic heterocycles. The molecular formula is C12H11BrF6O3S. The van der Waals surface area contributed by atoms with Crippen LogP contribution in [0, 0.1) is 0 Å². The summed E-state index contributed by atoms with van der Waals surface area (Å²) in [5.74, 6) is 0. The highest BCUT2D eigenvalue weighted by Crippen LogP contribution is 2.54. The van der Waals surface area contributed by atoms with Crippen LogP contribution in [0.25, 0.3) is 0 Å². The number of benzene rings is 1. The summed E-state index contributed by atoms with van der Waals surface area (Å²) in [4.78, 5) is 0. The molecule has 0 spiro atoms. The molecule has 1 aromatic carbocycles. The SMILES string of the molecule is CS(=O)(=O)OCCC(c1ccc(Br)cc1)(C(F)(F)F)C(F)(F)F. The molecule has 0 bridgehead atoms. The Balaban J connectivity index is 3.41. The van der Waals surface area contributed by atoms with E-state index in [-0.39, 0.29) is 0 Å². The molecule has 0 radical (unpaired) electrons. The van der Waals surface area contributed by atoms with Crippen molar-refractivity contribution in [2.24, 2.45) is 0 Å².